The molecule has 1 amide bonds. The molecule has 0 N–H and O–H groups in total. The molecule has 0 bridgehead atoms. The summed E-state index contributed by atoms with van der Waals surface area (Å²) < 4.78 is 43.9. The predicted molar refractivity (Wildman–Crippen MR) is 106 cm³/mol. The number of hydrogen-bond donors (Lipinski definition) is 0. The molecule has 0 saturated carbocycles. The van der Waals surface area contributed by atoms with Crippen molar-refractivity contribution in [2.75, 3.05) is 31.1 Å². The van der Waals surface area contributed by atoms with Crippen LogP contribution in [0.15, 0.2) is 47.0 Å². The van der Waals surface area contributed by atoms with Crippen molar-refractivity contribution in [2.24, 2.45) is 0 Å². The molecule has 1 fully saturated rings. The number of aromatic nitrogens is 3. The van der Waals surface area contributed by atoms with Crippen LogP contribution in [0.3, 0.4) is 0 Å². The summed E-state index contributed by atoms with van der Waals surface area (Å²) in [7, 11) is 0. The summed E-state index contributed by atoms with van der Waals surface area (Å²) in [6.45, 7) is 3.80. The zero-order valence-electron chi connectivity index (χ0n) is 16.8. The van der Waals surface area contributed by atoms with Gasteiger partial charge in [-0.15, -0.1) is 10.2 Å². The highest BCUT2D eigenvalue weighted by molar-refractivity contribution is 5.94. The number of aryl methyl sites for hydroxylation is 1. The van der Waals surface area contributed by atoms with Crippen LogP contribution >= 0.6 is 0 Å². The van der Waals surface area contributed by atoms with Crippen LogP contribution in [0.2, 0.25) is 0 Å². The summed E-state index contributed by atoms with van der Waals surface area (Å²) in [6.07, 6.45) is -2.12. The molecular weight excluding hydrogens is 411 g/mol. The van der Waals surface area contributed by atoms with Crippen molar-refractivity contribution in [2.45, 2.75) is 19.5 Å². The Kier molecular flexibility index (Phi) is 5.62. The number of piperazine rings is 1. The van der Waals surface area contributed by atoms with E-state index in [9.17, 15) is 18.0 Å². The summed E-state index contributed by atoms with van der Waals surface area (Å²) in [5.41, 5.74) is 0.180. The molecule has 0 unspecified atom stereocenters. The first-order chi connectivity index (χ1) is 14.9. The number of benzene rings is 1. The van der Waals surface area contributed by atoms with Crippen LogP contribution in [0.25, 0.3) is 11.5 Å². The van der Waals surface area contributed by atoms with Crippen LogP contribution in [0.5, 0.6) is 0 Å². The molecule has 10 heteroatoms. The molecule has 2 aromatic heterocycles. The Hall–Kier alpha value is -3.43. The van der Waals surface area contributed by atoms with E-state index in [1.165, 1.54) is 12.1 Å². The summed E-state index contributed by atoms with van der Waals surface area (Å²) in [5.74, 6) is 1.33. The number of pyridine rings is 1. The first-order valence-corrected chi connectivity index (χ1v) is 9.86. The van der Waals surface area contributed by atoms with Gasteiger partial charge < -0.3 is 14.2 Å². The topological polar surface area (TPSA) is 75.4 Å². The van der Waals surface area contributed by atoms with Gasteiger partial charge in [0.15, 0.2) is 0 Å². The zero-order valence-corrected chi connectivity index (χ0v) is 16.8. The van der Waals surface area contributed by atoms with Crippen LogP contribution in [0.4, 0.5) is 19.0 Å². The van der Waals surface area contributed by atoms with Crippen LogP contribution in [-0.4, -0.2) is 52.2 Å². The Labute approximate surface area is 176 Å². The monoisotopic (exact) mass is 431 g/mol. The number of anilines is 1. The van der Waals surface area contributed by atoms with E-state index in [1.807, 2.05) is 17.9 Å². The van der Waals surface area contributed by atoms with Gasteiger partial charge in [0.1, 0.15) is 5.82 Å². The van der Waals surface area contributed by atoms with E-state index in [-0.39, 0.29) is 11.5 Å². The van der Waals surface area contributed by atoms with Gasteiger partial charge in [0.2, 0.25) is 5.89 Å². The number of halogens is 3. The van der Waals surface area contributed by atoms with E-state index < -0.39 is 11.7 Å². The molecule has 1 aliphatic rings. The van der Waals surface area contributed by atoms with Crippen molar-refractivity contribution in [1.82, 2.24) is 20.1 Å². The van der Waals surface area contributed by atoms with Crippen molar-refractivity contribution >= 4 is 11.7 Å². The van der Waals surface area contributed by atoms with Crippen molar-refractivity contribution in [3.63, 3.8) is 0 Å². The third-order valence-electron chi connectivity index (χ3n) is 5.11. The Morgan fingerprint density at radius 2 is 1.77 bits per heavy atom. The number of carbonyl (C=O) groups excluding carboxylic acids is 1. The van der Waals surface area contributed by atoms with Gasteiger partial charge in [-0.05, 0) is 36.4 Å². The predicted octanol–water partition coefficient (Wildman–Crippen LogP) is 3.68. The smallest absolute Gasteiger partial charge is 0.416 e. The van der Waals surface area contributed by atoms with E-state index in [2.05, 4.69) is 15.2 Å². The lowest BCUT2D eigenvalue weighted by Gasteiger charge is -2.36. The molecule has 3 heterocycles. The molecule has 1 aromatic carbocycles. The largest absolute Gasteiger partial charge is 0.421 e. The van der Waals surface area contributed by atoms with Crippen molar-refractivity contribution in [3.05, 3.63) is 59.6 Å². The van der Waals surface area contributed by atoms with Gasteiger partial charge in [-0.1, -0.05) is 6.92 Å². The fourth-order valence-electron chi connectivity index (χ4n) is 3.43. The van der Waals surface area contributed by atoms with E-state index in [0.29, 0.717) is 50.2 Å². The van der Waals surface area contributed by atoms with Crippen molar-refractivity contribution in [3.8, 4) is 11.5 Å². The van der Waals surface area contributed by atoms with E-state index in [4.69, 9.17) is 4.42 Å². The highest BCUT2D eigenvalue weighted by Gasteiger charge is 2.31. The quantitative estimate of drug-likeness (QED) is 0.628. The number of alkyl halides is 3. The Morgan fingerprint density at radius 3 is 2.39 bits per heavy atom. The number of amides is 1. The number of hydrogen-bond acceptors (Lipinski definition) is 6. The first-order valence-electron chi connectivity index (χ1n) is 9.86. The summed E-state index contributed by atoms with van der Waals surface area (Å²) in [5, 5.41) is 8.09. The second-order valence-electron chi connectivity index (χ2n) is 7.08. The molecular formula is C21H20F3N5O2. The molecule has 3 aromatic rings. The number of nitrogens with zero attached hydrogens (tertiary/aromatic N) is 5. The Balaban J connectivity index is 1.45. The minimum Gasteiger partial charge on any atom is -0.421 e. The average Bonchev–Trinajstić information content (AvgIpc) is 3.27. The average molecular weight is 431 g/mol. The molecule has 0 spiro atoms. The Bertz CT molecular complexity index is 1060. The van der Waals surface area contributed by atoms with Gasteiger partial charge in [0, 0.05) is 44.4 Å². The summed E-state index contributed by atoms with van der Waals surface area (Å²) in [6, 6.07) is 7.94. The zero-order chi connectivity index (χ0) is 22.0. The second-order valence-corrected chi connectivity index (χ2v) is 7.08. The van der Waals surface area contributed by atoms with Gasteiger partial charge in [-0.25, -0.2) is 4.98 Å². The summed E-state index contributed by atoms with van der Waals surface area (Å²) in [4.78, 5) is 20.8. The van der Waals surface area contributed by atoms with Crippen molar-refractivity contribution < 1.29 is 22.4 Å². The fraction of sp³-hybridized carbons (Fsp3) is 0.333. The molecule has 0 aliphatic carbocycles. The maximum absolute atomic E-state index is 12.7. The maximum Gasteiger partial charge on any atom is 0.416 e. The standard InChI is InChI=1S/C21H20F3N5O2/c1-2-17-26-27-19(31-17)16-4-3-9-25-18(16)28-10-12-29(13-11-28)20(30)14-5-7-15(8-6-14)21(22,23)24/h3-9H,2,10-13H2,1H3. The molecule has 0 atom stereocenters. The van der Waals surface area contributed by atoms with Gasteiger partial charge in [-0.3, -0.25) is 4.79 Å². The number of rotatable bonds is 4. The van der Waals surface area contributed by atoms with E-state index in [1.54, 1.807) is 17.2 Å². The first kappa shape index (κ1) is 20.8. The SMILES string of the molecule is CCc1nnc(-c2cccnc2N2CCN(C(=O)c3ccc(C(F)(F)F)cc3)CC2)o1. The van der Waals surface area contributed by atoms with Crippen molar-refractivity contribution in [1.29, 1.82) is 0 Å². The maximum atomic E-state index is 12.7. The van der Waals surface area contributed by atoms with Crippen LogP contribution in [-0.2, 0) is 12.6 Å². The third kappa shape index (κ3) is 4.37. The molecule has 1 saturated heterocycles. The van der Waals surface area contributed by atoms with Gasteiger partial charge in [0.25, 0.3) is 11.8 Å². The lowest BCUT2D eigenvalue weighted by atomic mass is 10.1. The molecule has 4 rings (SSSR count). The Morgan fingerprint density at radius 1 is 1.06 bits per heavy atom. The minimum atomic E-state index is -4.43. The normalized spacial score (nSPS) is 14.7. The van der Waals surface area contributed by atoms with Crippen LogP contribution < -0.4 is 4.90 Å². The van der Waals surface area contributed by atoms with Gasteiger partial charge in [-0.2, -0.15) is 13.2 Å². The van der Waals surface area contributed by atoms with Crippen LogP contribution in [0.1, 0.15) is 28.7 Å². The lowest BCUT2D eigenvalue weighted by molar-refractivity contribution is -0.137. The summed E-state index contributed by atoms with van der Waals surface area (Å²) >= 11 is 0. The van der Waals surface area contributed by atoms with E-state index >= 15 is 0 Å². The lowest BCUT2D eigenvalue weighted by Crippen LogP contribution is -2.49. The minimum absolute atomic E-state index is 0.234. The van der Waals surface area contributed by atoms with Crippen LogP contribution in [0, 0.1) is 0 Å². The number of carbonyl (C=O) groups is 1. The second kappa shape index (κ2) is 8.37. The molecule has 162 valence electrons. The molecule has 31 heavy (non-hydrogen) atoms. The highest BCUT2D eigenvalue weighted by atomic mass is 19.4. The van der Waals surface area contributed by atoms with E-state index in [0.717, 1.165) is 17.7 Å². The molecule has 7 nitrogen and oxygen atoms in total. The third-order valence-corrected chi connectivity index (χ3v) is 5.11. The van der Waals surface area contributed by atoms with Gasteiger partial charge in [0.05, 0.1) is 11.1 Å². The highest BCUT2D eigenvalue weighted by Crippen LogP contribution is 2.30. The fourth-order valence-corrected chi connectivity index (χ4v) is 3.43. The molecule has 0 radical (unpaired) electrons. The van der Waals surface area contributed by atoms with Gasteiger partial charge >= 0.3 is 6.18 Å². The molecule has 1 aliphatic heterocycles.